The summed E-state index contributed by atoms with van der Waals surface area (Å²) in [7, 11) is 0. The van der Waals surface area contributed by atoms with E-state index in [0.29, 0.717) is 12.0 Å². The van der Waals surface area contributed by atoms with Crippen LogP contribution >= 0.6 is 36.2 Å². The second-order valence-corrected chi connectivity index (χ2v) is 8.43. The van der Waals surface area contributed by atoms with Crippen molar-refractivity contribution in [3.8, 4) is 0 Å². The van der Waals surface area contributed by atoms with Gasteiger partial charge in [-0.15, -0.1) is 36.2 Å². The summed E-state index contributed by atoms with van der Waals surface area (Å²) in [6.45, 7) is 3.26. The SMILES string of the molecule is Cl.Cl.O=C(Nc1nc(CN2CCCCC2)cs1)C1CC2CCCCC2N1. The lowest BCUT2D eigenvalue weighted by Crippen LogP contribution is -2.39. The van der Waals surface area contributed by atoms with E-state index in [4.69, 9.17) is 0 Å². The Morgan fingerprint density at radius 2 is 1.96 bits per heavy atom. The molecule has 8 heteroatoms. The van der Waals surface area contributed by atoms with Gasteiger partial charge < -0.3 is 10.6 Å². The number of hydrogen-bond acceptors (Lipinski definition) is 5. The van der Waals surface area contributed by atoms with Crippen molar-refractivity contribution in [3.05, 3.63) is 11.1 Å². The van der Waals surface area contributed by atoms with Gasteiger partial charge in [0.15, 0.2) is 5.13 Å². The van der Waals surface area contributed by atoms with Gasteiger partial charge in [-0.3, -0.25) is 9.69 Å². The molecule has 4 rings (SSSR count). The van der Waals surface area contributed by atoms with E-state index in [0.717, 1.165) is 23.8 Å². The number of halogens is 2. The van der Waals surface area contributed by atoms with Crippen LogP contribution in [0.4, 0.5) is 5.13 Å². The van der Waals surface area contributed by atoms with Gasteiger partial charge in [-0.05, 0) is 51.1 Å². The van der Waals surface area contributed by atoms with Crippen LogP contribution in [-0.4, -0.2) is 41.0 Å². The lowest BCUT2D eigenvalue weighted by molar-refractivity contribution is -0.117. The van der Waals surface area contributed by atoms with Gasteiger partial charge >= 0.3 is 0 Å². The van der Waals surface area contributed by atoms with E-state index in [-0.39, 0.29) is 36.8 Å². The predicted octanol–water partition coefficient (Wildman–Crippen LogP) is 3.83. The average molecular weight is 421 g/mol. The second kappa shape index (κ2) is 10.2. The normalized spacial score (nSPS) is 28.5. The molecule has 26 heavy (non-hydrogen) atoms. The molecule has 0 bridgehead atoms. The third-order valence-electron chi connectivity index (χ3n) is 5.80. The number of piperidine rings is 1. The molecule has 2 saturated heterocycles. The highest BCUT2D eigenvalue weighted by Crippen LogP contribution is 2.33. The van der Waals surface area contributed by atoms with E-state index in [1.165, 1.54) is 58.0 Å². The van der Waals surface area contributed by atoms with Crippen molar-refractivity contribution in [2.45, 2.75) is 70.0 Å². The highest BCUT2D eigenvalue weighted by Gasteiger charge is 2.38. The van der Waals surface area contributed by atoms with Crippen LogP contribution in [-0.2, 0) is 11.3 Å². The van der Waals surface area contributed by atoms with Crippen LogP contribution in [0.1, 0.15) is 57.1 Å². The van der Waals surface area contributed by atoms with Crippen molar-refractivity contribution < 1.29 is 4.79 Å². The second-order valence-electron chi connectivity index (χ2n) is 7.58. The van der Waals surface area contributed by atoms with E-state index in [2.05, 4.69) is 25.9 Å². The average Bonchev–Trinajstić information content (AvgIpc) is 3.22. The maximum Gasteiger partial charge on any atom is 0.243 e. The molecule has 3 unspecified atom stereocenters. The quantitative estimate of drug-likeness (QED) is 0.776. The Morgan fingerprint density at radius 3 is 2.73 bits per heavy atom. The summed E-state index contributed by atoms with van der Waals surface area (Å²) in [4.78, 5) is 19.6. The zero-order valence-electron chi connectivity index (χ0n) is 15.1. The van der Waals surface area contributed by atoms with Crippen LogP contribution in [0.25, 0.3) is 0 Å². The maximum atomic E-state index is 12.5. The minimum Gasteiger partial charge on any atom is -0.303 e. The number of fused-ring (bicyclic) bond motifs is 1. The van der Waals surface area contributed by atoms with Crippen molar-refractivity contribution in [1.82, 2.24) is 15.2 Å². The van der Waals surface area contributed by atoms with Crippen molar-refractivity contribution >= 4 is 47.2 Å². The summed E-state index contributed by atoms with van der Waals surface area (Å²) in [5.41, 5.74) is 1.09. The minimum absolute atomic E-state index is 0. The van der Waals surface area contributed by atoms with Crippen molar-refractivity contribution in [1.29, 1.82) is 0 Å². The topological polar surface area (TPSA) is 57.3 Å². The maximum absolute atomic E-state index is 12.5. The predicted molar refractivity (Wildman–Crippen MR) is 112 cm³/mol. The fourth-order valence-electron chi connectivity index (χ4n) is 4.50. The molecule has 0 spiro atoms. The molecule has 3 aliphatic rings. The Morgan fingerprint density at radius 1 is 1.19 bits per heavy atom. The molecular weight excluding hydrogens is 391 g/mol. The Kier molecular flexibility index (Phi) is 8.61. The molecule has 1 aromatic heterocycles. The number of carbonyl (C=O) groups is 1. The Bertz CT molecular complexity index is 565. The monoisotopic (exact) mass is 420 g/mol. The number of aromatic nitrogens is 1. The first-order valence-electron chi connectivity index (χ1n) is 9.51. The third kappa shape index (κ3) is 5.32. The highest BCUT2D eigenvalue weighted by atomic mass is 35.5. The minimum atomic E-state index is -0.0347. The van der Waals surface area contributed by atoms with Crippen LogP contribution in [0.15, 0.2) is 5.38 Å². The molecular formula is C18H30Cl2N4OS. The van der Waals surface area contributed by atoms with Crippen LogP contribution in [0.2, 0.25) is 0 Å². The molecule has 3 atom stereocenters. The Labute approximate surface area is 172 Å². The highest BCUT2D eigenvalue weighted by molar-refractivity contribution is 7.13. The number of amides is 1. The summed E-state index contributed by atoms with van der Waals surface area (Å²) < 4.78 is 0. The van der Waals surface area contributed by atoms with Crippen molar-refractivity contribution in [2.24, 2.45) is 5.92 Å². The molecule has 1 amide bonds. The first kappa shape index (κ1) is 21.9. The summed E-state index contributed by atoms with van der Waals surface area (Å²) in [5.74, 6) is 0.795. The lowest BCUT2D eigenvalue weighted by Gasteiger charge is -2.25. The van der Waals surface area contributed by atoms with E-state index in [1.54, 1.807) is 11.3 Å². The van der Waals surface area contributed by atoms with E-state index >= 15 is 0 Å². The lowest BCUT2D eigenvalue weighted by atomic mass is 9.85. The molecule has 3 fully saturated rings. The fourth-order valence-corrected chi connectivity index (χ4v) is 5.20. The van der Waals surface area contributed by atoms with E-state index in [9.17, 15) is 4.79 Å². The number of hydrogen-bond donors (Lipinski definition) is 2. The molecule has 3 heterocycles. The van der Waals surface area contributed by atoms with Crippen molar-refractivity contribution in [3.63, 3.8) is 0 Å². The first-order chi connectivity index (χ1) is 11.8. The number of nitrogens with one attached hydrogen (secondary N) is 2. The third-order valence-corrected chi connectivity index (χ3v) is 6.60. The summed E-state index contributed by atoms with van der Waals surface area (Å²) in [5, 5.41) is 9.42. The number of rotatable bonds is 4. The van der Waals surface area contributed by atoms with E-state index < -0.39 is 0 Å². The van der Waals surface area contributed by atoms with Crippen LogP contribution < -0.4 is 10.6 Å². The van der Waals surface area contributed by atoms with Gasteiger partial charge in [-0.25, -0.2) is 4.98 Å². The molecule has 5 nitrogen and oxygen atoms in total. The summed E-state index contributed by atoms with van der Waals surface area (Å²) >= 11 is 1.55. The molecule has 1 aromatic rings. The molecule has 1 aliphatic carbocycles. The summed E-state index contributed by atoms with van der Waals surface area (Å²) in [6, 6.07) is 0.521. The van der Waals surface area contributed by atoms with Crippen molar-refractivity contribution in [2.75, 3.05) is 18.4 Å². The molecule has 148 valence electrons. The van der Waals surface area contributed by atoms with Crippen LogP contribution in [0.5, 0.6) is 0 Å². The van der Waals surface area contributed by atoms with E-state index in [1.807, 2.05) is 0 Å². The van der Waals surface area contributed by atoms with Gasteiger partial charge in [0, 0.05) is 18.0 Å². The smallest absolute Gasteiger partial charge is 0.243 e. The largest absolute Gasteiger partial charge is 0.303 e. The molecule has 2 N–H and O–H groups in total. The van der Waals surface area contributed by atoms with Gasteiger partial charge in [-0.1, -0.05) is 19.3 Å². The fraction of sp³-hybridized carbons (Fsp3) is 0.778. The standard InChI is InChI=1S/C18H28N4OS.2ClH/c23-17(16-10-13-6-2-3-7-15(13)20-16)21-18-19-14(12-24-18)11-22-8-4-1-5-9-22;;/h12-13,15-16,20H,1-11H2,(H,19,21,23);2*1H. The Hall–Kier alpha value is -0.400. The van der Waals surface area contributed by atoms with Crippen LogP contribution in [0, 0.1) is 5.92 Å². The number of carbonyl (C=O) groups excluding carboxylic acids is 1. The summed E-state index contributed by atoms with van der Waals surface area (Å²) in [6.07, 6.45) is 10.1. The number of anilines is 1. The van der Waals surface area contributed by atoms with Gasteiger partial charge in [-0.2, -0.15) is 0 Å². The number of thiazole rings is 1. The first-order valence-corrected chi connectivity index (χ1v) is 10.4. The molecule has 1 saturated carbocycles. The number of likely N-dealkylation sites (tertiary alicyclic amines) is 1. The molecule has 2 aliphatic heterocycles. The number of nitrogens with zero attached hydrogens (tertiary/aromatic N) is 2. The Balaban J connectivity index is 0.00000121. The van der Waals surface area contributed by atoms with Crippen LogP contribution in [0.3, 0.4) is 0 Å². The van der Waals surface area contributed by atoms with Gasteiger partial charge in [0.2, 0.25) is 5.91 Å². The zero-order chi connectivity index (χ0) is 16.4. The molecule has 0 aromatic carbocycles. The zero-order valence-corrected chi connectivity index (χ0v) is 17.6. The van der Waals surface area contributed by atoms with Gasteiger partial charge in [0.05, 0.1) is 11.7 Å². The van der Waals surface area contributed by atoms with Gasteiger partial charge in [0.1, 0.15) is 0 Å². The molecule has 0 radical (unpaired) electrons. The van der Waals surface area contributed by atoms with Gasteiger partial charge in [0.25, 0.3) is 0 Å².